The minimum absolute atomic E-state index is 0.0834. The molecule has 0 aliphatic carbocycles. The zero-order valence-electron chi connectivity index (χ0n) is 14.8. The van der Waals surface area contributed by atoms with Crippen LogP contribution in [0.15, 0.2) is 18.2 Å². The molecule has 1 saturated heterocycles. The predicted octanol–water partition coefficient (Wildman–Crippen LogP) is 2.18. The molecule has 1 unspecified atom stereocenters. The van der Waals surface area contributed by atoms with Gasteiger partial charge in [0.15, 0.2) is 0 Å². The molecule has 10 heteroatoms. The van der Waals surface area contributed by atoms with Gasteiger partial charge < -0.3 is 14.9 Å². The molecule has 0 bridgehead atoms. The van der Waals surface area contributed by atoms with Crippen molar-refractivity contribution >= 4 is 35.1 Å². The molecule has 0 spiro atoms. The van der Waals surface area contributed by atoms with Crippen molar-refractivity contribution in [1.29, 1.82) is 0 Å². The van der Waals surface area contributed by atoms with E-state index in [4.69, 9.17) is 16.7 Å². The maximum Gasteiger partial charge on any atom is 0.323 e. The molecule has 0 saturated carbocycles. The molecule has 1 atom stereocenters. The maximum atomic E-state index is 12.8. The lowest BCUT2D eigenvalue weighted by Gasteiger charge is -2.28. The van der Waals surface area contributed by atoms with Gasteiger partial charge in [0, 0.05) is 37.1 Å². The summed E-state index contributed by atoms with van der Waals surface area (Å²) in [5.74, 6) is -1.94. The number of hydrogen-bond acceptors (Lipinski definition) is 5. The van der Waals surface area contributed by atoms with E-state index in [1.807, 2.05) is 0 Å². The SMILES string of the molecule is CC(=O)N(CC(=O)O)C1CCCN(C(=O)c2cc(Cl)ccc2[N+](=O)[O-])CC1. The summed E-state index contributed by atoms with van der Waals surface area (Å²) in [5, 5.41) is 20.4. The molecule has 1 aliphatic heterocycles. The zero-order valence-corrected chi connectivity index (χ0v) is 15.5. The van der Waals surface area contributed by atoms with Crippen LogP contribution in [-0.2, 0) is 9.59 Å². The molecule has 27 heavy (non-hydrogen) atoms. The first kappa shape index (κ1) is 20.6. The number of nitro benzene ring substituents is 1. The lowest BCUT2D eigenvalue weighted by atomic mass is 10.1. The van der Waals surface area contributed by atoms with Crippen LogP contribution < -0.4 is 0 Å². The van der Waals surface area contributed by atoms with Gasteiger partial charge in [-0.15, -0.1) is 0 Å². The Bertz CT molecular complexity index is 769. The molecular formula is C17H20ClN3O6. The summed E-state index contributed by atoms with van der Waals surface area (Å²) in [6.07, 6.45) is 1.50. The van der Waals surface area contributed by atoms with Crippen LogP contribution in [0.1, 0.15) is 36.5 Å². The van der Waals surface area contributed by atoms with Crippen LogP contribution in [0.2, 0.25) is 5.02 Å². The van der Waals surface area contributed by atoms with Gasteiger partial charge in [0.25, 0.3) is 11.6 Å². The topological polar surface area (TPSA) is 121 Å². The number of likely N-dealkylation sites (tertiary alicyclic amines) is 1. The van der Waals surface area contributed by atoms with Gasteiger partial charge in [-0.05, 0) is 31.4 Å². The van der Waals surface area contributed by atoms with Gasteiger partial charge in [-0.3, -0.25) is 24.5 Å². The van der Waals surface area contributed by atoms with Crippen molar-refractivity contribution in [3.63, 3.8) is 0 Å². The third-order valence-corrected chi connectivity index (χ3v) is 4.76. The van der Waals surface area contributed by atoms with Gasteiger partial charge in [0.05, 0.1) is 4.92 Å². The molecule has 9 nitrogen and oxygen atoms in total. The number of carboxylic acid groups (broad SMARTS) is 1. The smallest absolute Gasteiger partial charge is 0.323 e. The van der Waals surface area contributed by atoms with Crippen LogP contribution in [0.3, 0.4) is 0 Å². The van der Waals surface area contributed by atoms with Gasteiger partial charge in [-0.2, -0.15) is 0 Å². The van der Waals surface area contributed by atoms with Crippen molar-refractivity contribution in [3.05, 3.63) is 38.9 Å². The number of carboxylic acids is 1. The molecule has 0 radical (unpaired) electrons. The van der Waals surface area contributed by atoms with E-state index in [0.29, 0.717) is 25.8 Å². The summed E-state index contributed by atoms with van der Waals surface area (Å²) in [4.78, 5) is 48.9. The Labute approximate surface area is 160 Å². The molecule has 2 amide bonds. The van der Waals surface area contributed by atoms with Gasteiger partial charge in [0.1, 0.15) is 12.1 Å². The number of aliphatic carboxylic acids is 1. The maximum absolute atomic E-state index is 12.8. The molecule has 1 fully saturated rings. The van der Waals surface area contributed by atoms with Crippen LogP contribution in [0.25, 0.3) is 0 Å². The average molecular weight is 398 g/mol. The molecule has 2 rings (SSSR count). The molecule has 1 aromatic rings. The van der Waals surface area contributed by atoms with Crippen molar-refractivity contribution in [1.82, 2.24) is 9.80 Å². The van der Waals surface area contributed by atoms with Gasteiger partial charge in [0.2, 0.25) is 5.91 Å². The Balaban J connectivity index is 2.17. The van der Waals surface area contributed by atoms with Crippen molar-refractivity contribution in [2.24, 2.45) is 0 Å². The van der Waals surface area contributed by atoms with E-state index in [2.05, 4.69) is 0 Å². The van der Waals surface area contributed by atoms with Crippen LogP contribution in [0.4, 0.5) is 5.69 Å². The fourth-order valence-electron chi connectivity index (χ4n) is 3.25. The van der Waals surface area contributed by atoms with Gasteiger partial charge in [-0.1, -0.05) is 11.6 Å². The third-order valence-electron chi connectivity index (χ3n) is 4.52. The third kappa shape index (κ3) is 5.16. The van der Waals surface area contributed by atoms with E-state index in [0.717, 1.165) is 0 Å². The fourth-order valence-corrected chi connectivity index (χ4v) is 3.42. The Kier molecular flexibility index (Phi) is 6.73. The first-order valence-electron chi connectivity index (χ1n) is 8.43. The highest BCUT2D eigenvalue weighted by Crippen LogP contribution is 2.26. The second kappa shape index (κ2) is 8.81. The van der Waals surface area contributed by atoms with E-state index >= 15 is 0 Å². The summed E-state index contributed by atoms with van der Waals surface area (Å²) >= 11 is 5.89. The minimum atomic E-state index is -1.10. The number of carbonyl (C=O) groups is 3. The van der Waals surface area contributed by atoms with Crippen LogP contribution in [0, 0.1) is 10.1 Å². The second-order valence-corrected chi connectivity index (χ2v) is 6.77. The molecule has 1 heterocycles. The number of rotatable bonds is 5. The van der Waals surface area contributed by atoms with Crippen LogP contribution in [-0.4, -0.2) is 63.3 Å². The lowest BCUT2D eigenvalue weighted by Crippen LogP contribution is -2.43. The van der Waals surface area contributed by atoms with Crippen molar-refractivity contribution in [2.75, 3.05) is 19.6 Å². The van der Waals surface area contributed by atoms with Gasteiger partial charge in [-0.25, -0.2) is 0 Å². The number of amides is 2. The summed E-state index contributed by atoms with van der Waals surface area (Å²) in [6, 6.07) is 3.52. The largest absolute Gasteiger partial charge is 0.480 e. The fraction of sp³-hybridized carbons (Fsp3) is 0.471. The molecule has 0 aromatic heterocycles. The van der Waals surface area contributed by atoms with Crippen molar-refractivity contribution < 1.29 is 24.4 Å². The van der Waals surface area contributed by atoms with E-state index in [1.165, 1.54) is 34.9 Å². The first-order chi connectivity index (χ1) is 12.7. The number of nitrogens with zero attached hydrogens (tertiary/aromatic N) is 3. The van der Waals surface area contributed by atoms with Crippen molar-refractivity contribution in [3.8, 4) is 0 Å². The Hall–Kier alpha value is -2.68. The monoisotopic (exact) mass is 397 g/mol. The highest BCUT2D eigenvalue weighted by atomic mass is 35.5. The first-order valence-corrected chi connectivity index (χ1v) is 8.80. The Morgan fingerprint density at radius 1 is 1.33 bits per heavy atom. The zero-order chi connectivity index (χ0) is 20.1. The normalized spacial score (nSPS) is 17.1. The summed E-state index contributed by atoms with van der Waals surface area (Å²) < 4.78 is 0. The van der Waals surface area contributed by atoms with E-state index in [1.54, 1.807) is 0 Å². The Morgan fingerprint density at radius 3 is 2.63 bits per heavy atom. The quantitative estimate of drug-likeness (QED) is 0.600. The summed E-state index contributed by atoms with van der Waals surface area (Å²) in [5.41, 5.74) is -0.402. The van der Waals surface area contributed by atoms with Crippen LogP contribution in [0.5, 0.6) is 0 Å². The highest BCUT2D eigenvalue weighted by Gasteiger charge is 2.30. The van der Waals surface area contributed by atoms with E-state index in [9.17, 15) is 24.5 Å². The second-order valence-electron chi connectivity index (χ2n) is 6.34. The lowest BCUT2D eigenvalue weighted by molar-refractivity contribution is -0.385. The standard InChI is InChI=1S/C17H20ClN3O6/c1-11(22)20(10-16(23)24)13-3-2-7-19(8-6-13)17(25)14-9-12(18)4-5-15(14)21(26)27/h4-5,9,13H,2-3,6-8,10H2,1H3,(H,23,24). The Morgan fingerprint density at radius 2 is 2.04 bits per heavy atom. The summed E-state index contributed by atoms with van der Waals surface area (Å²) in [7, 11) is 0. The summed E-state index contributed by atoms with van der Waals surface area (Å²) in [6.45, 7) is 1.54. The number of halogens is 1. The van der Waals surface area contributed by atoms with Crippen molar-refractivity contribution in [2.45, 2.75) is 32.2 Å². The van der Waals surface area contributed by atoms with Crippen LogP contribution >= 0.6 is 11.6 Å². The highest BCUT2D eigenvalue weighted by molar-refractivity contribution is 6.31. The molecule has 1 aromatic carbocycles. The molecular weight excluding hydrogens is 378 g/mol. The van der Waals surface area contributed by atoms with E-state index < -0.39 is 23.3 Å². The number of hydrogen-bond donors (Lipinski definition) is 1. The van der Waals surface area contributed by atoms with Gasteiger partial charge >= 0.3 is 5.97 Å². The predicted molar refractivity (Wildman–Crippen MR) is 96.7 cm³/mol. The number of nitro groups is 1. The molecule has 1 N–H and O–H groups in total. The van der Waals surface area contributed by atoms with E-state index in [-0.39, 0.29) is 34.8 Å². The molecule has 1 aliphatic rings. The molecule has 146 valence electrons. The number of carbonyl (C=O) groups excluding carboxylic acids is 2. The average Bonchev–Trinajstić information content (AvgIpc) is 2.84. The number of benzene rings is 1. The minimum Gasteiger partial charge on any atom is -0.480 e.